The fourth-order valence-electron chi connectivity index (χ4n) is 1.63. The van der Waals surface area contributed by atoms with E-state index in [1.165, 1.54) is 16.3 Å². The third-order valence-corrected chi connectivity index (χ3v) is 2.37. The summed E-state index contributed by atoms with van der Waals surface area (Å²) in [4.78, 5) is 9.00. The largest absolute Gasteiger partial charge is 0.496 e. The van der Waals surface area contributed by atoms with Gasteiger partial charge in [0.2, 0.25) is 0 Å². The van der Waals surface area contributed by atoms with Gasteiger partial charge in [0.05, 0.1) is 7.11 Å². The fraction of sp³-hybridized carbons (Fsp3) is 0.214. The summed E-state index contributed by atoms with van der Waals surface area (Å²) in [5, 5.41) is 9.95. The summed E-state index contributed by atoms with van der Waals surface area (Å²) < 4.78 is 5.25. The van der Waals surface area contributed by atoms with Crippen molar-refractivity contribution < 1.29 is 14.6 Å². The summed E-state index contributed by atoms with van der Waals surface area (Å²) in [6.45, 7) is 3.17. The average molecular weight is 232 g/mol. The van der Waals surface area contributed by atoms with Gasteiger partial charge >= 0.3 is 0 Å². The normalized spacial score (nSPS) is 9.35. The smallest absolute Gasteiger partial charge is 0.300 e. The number of carbonyl (C=O) groups is 1. The summed E-state index contributed by atoms with van der Waals surface area (Å²) in [6, 6.07) is 12.4. The Kier molecular flexibility index (Phi) is 4.52. The molecule has 0 atom stereocenters. The lowest BCUT2D eigenvalue weighted by Gasteiger charge is -2.07. The van der Waals surface area contributed by atoms with Crippen LogP contribution in [0.15, 0.2) is 36.4 Å². The lowest BCUT2D eigenvalue weighted by Crippen LogP contribution is -1.87. The predicted octanol–water partition coefficient (Wildman–Crippen LogP) is 3.25. The maximum Gasteiger partial charge on any atom is 0.300 e. The van der Waals surface area contributed by atoms with Crippen LogP contribution in [0.25, 0.3) is 10.8 Å². The third-order valence-electron chi connectivity index (χ3n) is 2.37. The number of carboxylic acid groups (broad SMARTS) is 1. The molecular formula is C14H16O3. The summed E-state index contributed by atoms with van der Waals surface area (Å²) in [5.74, 6) is 0.124. The van der Waals surface area contributed by atoms with Crippen LogP contribution in [-0.2, 0) is 4.79 Å². The van der Waals surface area contributed by atoms with Gasteiger partial charge in [-0.2, -0.15) is 0 Å². The van der Waals surface area contributed by atoms with Crippen LogP contribution in [0.1, 0.15) is 12.5 Å². The molecule has 0 saturated carbocycles. The van der Waals surface area contributed by atoms with E-state index in [1.54, 1.807) is 7.11 Å². The van der Waals surface area contributed by atoms with Crippen LogP contribution in [0.2, 0.25) is 0 Å². The molecule has 2 rings (SSSR count). The molecule has 0 spiro atoms. The van der Waals surface area contributed by atoms with Crippen molar-refractivity contribution in [3.8, 4) is 5.75 Å². The Morgan fingerprint density at radius 1 is 1.18 bits per heavy atom. The van der Waals surface area contributed by atoms with Gasteiger partial charge in [-0.15, -0.1) is 0 Å². The zero-order chi connectivity index (χ0) is 12.8. The van der Waals surface area contributed by atoms with E-state index >= 15 is 0 Å². The maximum atomic E-state index is 9.00. The summed E-state index contributed by atoms with van der Waals surface area (Å²) in [6.07, 6.45) is 0. The monoisotopic (exact) mass is 232 g/mol. The summed E-state index contributed by atoms with van der Waals surface area (Å²) >= 11 is 0. The number of rotatable bonds is 1. The van der Waals surface area contributed by atoms with Crippen LogP contribution >= 0.6 is 0 Å². The first-order valence-electron chi connectivity index (χ1n) is 5.28. The van der Waals surface area contributed by atoms with Gasteiger partial charge in [0.15, 0.2) is 0 Å². The van der Waals surface area contributed by atoms with E-state index in [9.17, 15) is 0 Å². The van der Waals surface area contributed by atoms with Crippen LogP contribution in [0.4, 0.5) is 0 Å². The third kappa shape index (κ3) is 3.48. The fourth-order valence-corrected chi connectivity index (χ4v) is 1.63. The van der Waals surface area contributed by atoms with Gasteiger partial charge in [-0.25, -0.2) is 0 Å². The van der Waals surface area contributed by atoms with E-state index in [2.05, 4.69) is 31.2 Å². The molecule has 17 heavy (non-hydrogen) atoms. The van der Waals surface area contributed by atoms with E-state index in [0.717, 1.165) is 12.7 Å². The molecule has 3 nitrogen and oxygen atoms in total. The Bertz CT molecular complexity index is 514. The zero-order valence-corrected chi connectivity index (χ0v) is 10.2. The van der Waals surface area contributed by atoms with Crippen molar-refractivity contribution in [2.45, 2.75) is 13.8 Å². The quantitative estimate of drug-likeness (QED) is 0.821. The molecule has 0 amide bonds. The molecule has 0 fully saturated rings. The molecule has 0 aliphatic carbocycles. The Hall–Kier alpha value is -2.03. The number of fused-ring (bicyclic) bond motifs is 1. The predicted molar refractivity (Wildman–Crippen MR) is 68.5 cm³/mol. The summed E-state index contributed by atoms with van der Waals surface area (Å²) in [5.41, 5.74) is 1.21. The van der Waals surface area contributed by atoms with Gasteiger partial charge in [-0.1, -0.05) is 30.3 Å². The minimum Gasteiger partial charge on any atom is -0.496 e. The molecule has 2 aromatic rings. The van der Waals surface area contributed by atoms with Gasteiger partial charge in [-0.3, -0.25) is 4.79 Å². The van der Waals surface area contributed by atoms with Crippen LogP contribution in [0, 0.1) is 6.92 Å². The van der Waals surface area contributed by atoms with E-state index in [-0.39, 0.29) is 0 Å². The molecule has 0 aliphatic heterocycles. The second-order valence-corrected chi connectivity index (χ2v) is 3.63. The SMILES string of the molecule is CC(=O)O.COc1ccc2ccccc2c1C. The van der Waals surface area contributed by atoms with E-state index in [1.807, 2.05) is 12.1 Å². The van der Waals surface area contributed by atoms with Crippen molar-refractivity contribution in [1.82, 2.24) is 0 Å². The molecular weight excluding hydrogens is 216 g/mol. The van der Waals surface area contributed by atoms with Crippen LogP contribution in [-0.4, -0.2) is 18.2 Å². The second-order valence-electron chi connectivity index (χ2n) is 3.63. The highest BCUT2D eigenvalue weighted by molar-refractivity contribution is 5.87. The number of aryl methyl sites for hydroxylation is 1. The number of hydrogen-bond acceptors (Lipinski definition) is 2. The number of benzene rings is 2. The zero-order valence-electron chi connectivity index (χ0n) is 10.2. The van der Waals surface area contributed by atoms with Crippen molar-refractivity contribution in [1.29, 1.82) is 0 Å². The van der Waals surface area contributed by atoms with Crippen molar-refractivity contribution in [2.24, 2.45) is 0 Å². The number of methoxy groups -OCH3 is 1. The van der Waals surface area contributed by atoms with Gasteiger partial charge in [-0.05, 0) is 29.3 Å². The molecule has 0 radical (unpaired) electrons. The molecule has 0 saturated heterocycles. The van der Waals surface area contributed by atoms with Crippen molar-refractivity contribution in [2.75, 3.05) is 7.11 Å². The standard InChI is InChI=1S/C12H12O.C2H4O2/c1-9-11-6-4-3-5-10(11)7-8-12(9)13-2;1-2(3)4/h3-8H,1-2H3;1H3,(H,3,4). The molecule has 0 bridgehead atoms. The minimum atomic E-state index is -0.833. The highest BCUT2D eigenvalue weighted by Gasteiger charge is 2.01. The average Bonchev–Trinajstić information content (AvgIpc) is 2.29. The molecule has 3 heteroatoms. The van der Waals surface area contributed by atoms with Gasteiger partial charge < -0.3 is 9.84 Å². The van der Waals surface area contributed by atoms with Crippen LogP contribution in [0.3, 0.4) is 0 Å². The lowest BCUT2D eigenvalue weighted by molar-refractivity contribution is -0.134. The first-order valence-corrected chi connectivity index (χ1v) is 5.28. The number of hydrogen-bond donors (Lipinski definition) is 1. The van der Waals surface area contributed by atoms with Gasteiger partial charge in [0.1, 0.15) is 5.75 Å². The molecule has 0 heterocycles. The van der Waals surface area contributed by atoms with E-state index in [0.29, 0.717) is 0 Å². The number of aliphatic carboxylic acids is 1. The van der Waals surface area contributed by atoms with Crippen molar-refractivity contribution in [3.63, 3.8) is 0 Å². The highest BCUT2D eigenvalue weighted by Crippen LogP contribution is 2.26. The van der Waals surface area contributed by atoms with Gasteiger partial charge in [0.25, 0.3) is 5.97 Å². The highest BCUT2D eigenvalue weighted by atomic mass is 16.5. The van der Waals surface area contributed by atoms with Crippen molar-refractivity contribution >= 4 is 16.7 Å². The lowest BCUT2D eigenvalue weighted by atomic mass is 10.1. The molecule has 90 valence electrons. The summed E-state index contributed by atoms with van der Waals surface area (Å²) in [7, 11) is 1.71. The first-order chi connectivity index (χ1) is 8.06. The molecule has 0 aromatic heterocycles. The topological polar surface area (TPSA) is 46.5 Å². The van der Waals surface area contributed by atoms with E-state index < -0.39 is 5.97 Å². The Balaban J connectivity index is 0.000000317. The number of ether oxygens (including phenoxy) is 1. The molecule has 0 aliphatic rings. The minimum absolute atomic E-state index is 0.833. The Labute approximate surface area is 101 Å². The Morgan fingerprint density at radius 3 is 2.35 bits per heavy atom. The van der Waals surface area contributed by atoms with E-state index in [4.69, 9.17) is 14.6 Å². The second kappa shape index (κ2) is 5.89. The van der Waals surface area contributed by atoms with Crippen molar-refractivity contribution in [3.05, 3.63) is 42.0 Å². The molecule has 0 unspecified atom stereocenters. The molecule has 1 N–H and O–H groups in total. The van der Waals surface area contributed by atoms with Crippen LogP contribution < -0.4 is 4.74 Å². The van der Waals surface area contributed by atoms with Gasteiger partial charge in [0, 0.05) is 6.92 Å². The molecule has 2 aromatic carbocycles. The van der Waals surface area contributed by atoms with Crippen LogP contribution in [0.5, 0.6) is 5.75 Å². The first kappa shape index (κ1) is 13.0. The maximum absolute atomic E-state index is 9.00. The Morgan fingerprint density at radius 2 is 1.76 bits per heavy atom. The number of carboxylic acids is 1.